The zero-order chi connectivity index (χ0) is 17.1. The number of Topliss-reactive ketones (excluding diaryl/α,β-unsaturated/α-hetero) is 1. The molecule has 7 heteroatoms. The number of hydrogen-bond acceptors (Lipinski definition) is 4. The maximum absolute atomic E-state index is 12.3. The summed E-state index contributed by atoms with van der Waals surface area (Å²) in [5.74, 6) is 0.0853. The first-order chi connectivity index (χ1) is 10.8. The number of carbonyl (C=O) groups is 1. The Kier molecular flexibility index (Phi) is 5.05. The molecule has 0 bridgehead atoms. The Morgan fingerprint density at radius 1 is 1.35 bits per heavy atom. The van der Waals surface area contributed by atoms with Crippen LogP contribution >= 0.6 is 11.6 Å². The molecule has 0 aliphatic heterocycles. The lowest BCUT2D eigenvalue weighted by atomic mass is 10.1. The molecule has 1 aromatic heterocycles. The van der Waals surface area contributed by atoms with E-state index in [1.54, 1.807) is 0 Å². The average molecular weight is 337 g/mol. The number of non-ortho nitro benzene ring substituents is 1. The predicted molar refractivity (Wildman–Crippen MR) is 87.5 cm³/mol. The highest BCUT2D eigenvalue weighted by atomic mass is 35.5. The van der Waals surface area contributed by atoms with Crippen molar-refractivity contribution in [1.29, 1.82) is 0 Å². The van der Waals surface area contributed by atoms with Crippen LogP contribution in [0.4, 0.5) is 5.69 Å². The number of nitro groups is 1. The van der Waals surface area contributed by atoms with Crippen LogP contribution in [0.15, 0.2) is 24.3 Å². The number of aryl methyl sites for hydroxylation is 1. The molecule has 0 unspecified atom stereocenters. The van der Waals surface area contributed by atoms with Crippen LogP contribution in [0.5, 0.6) is 5.75 Å². The number of hydrogen-bond donors (Lipinski definition) is 0. The summed E-state index contributed by atoms with van der Waals surface area (Å²) in [4.78, 5) is 22.4. The van der Waals surface area contributed by atoms with E-state index >= 15 is 0 Å². The fraction of sp³-hybridized carbons (Fsp3) is 0.312. The first-order valence-corrected chi connectivity index (χ1v) is 7.49. The summed E-state index contributed by atoms with van der Waals surface area (Å²) >= 11 is 5.94. The van der Waals surface area contributed by atoms with Gasteiger partial charge in [-0.3, -0.25) is 14.9 Å². The smallest absolute Gasteiger partial charge is 0.271 e. The molecule has 0 aliphatic rings. The van der Waals surface area contributed by atoms with E-state index in [9.17, 15) is 14.9 Å². The van der Waals surface area contributed by atoms with Crippen molar-refractivity contribution in [1.82, 2.24) is 4.57 Å². The molecule has 0 saturated heterocycles. The first kappa shape index (κ1) is 17.0. The highest BCUT2D eigenvalue weighted by Crippen LogP contribution is 2.28. The van der Waals surface area contributed by atoms with Crippen LogP contribution in [-0.4, -0.2) is 21.9 Å². The standard InChI is InChI=1S/C16H17ClN2O4/c1-4-18-10(2)7-13(11(18)3)15(20)9-23-16-6-5-12(19(21)22)8-14(16)17/h5-8H,4,9H2,1-3H3. The number of benzene rings is 1. The molecule has 0 saturated carbocycles. The molecule has 2 rings (SSSR count). The minimum absolute atomic E-state index is 0.103. The van der Waals surface area contributed by atoms with Gasteiger partial charge in [-0.2, -0.15) is 0 Å². The van der Waals surface area contributed by atoms with Gasteiger partial charge in [0.05, 0.1) is 9.95 Å². The zero-order valence-electron chi connectivity index (χ0n) is 13.1. The number of nitro benzene ring substituents is 1. The summed E-state index contributed by atoms with van der Waals surface area (Å²) in [6, 6.07) is 5.71. The van der Waals surface area contributed by atoms with E-state index in [4.69, 9.17) is 16.3 Å². The van der Waals surface area contributed by atoms with Gasteiger partial charge in [0, 0.05) is 35.6 Å². The average Bonchev–Trinajstić information content (AvgIpc) is 2.79. The number of carbonyl (C=O) groups excluding carboxylic acids is 1. The minimum atomic E-state index is -0.541. The molecule has 23 heavy (non-hydrogen) atoms. The van der Waals surface area contributed by atoms with Gasteiger partial charge in [0.25, 0.3) is 5.69 Å². The zero-order valence-corrected chi connectivity index (χ0v) is 13.9. The number of ether oxygens (including phenoxy) is 1. The van der Waals surface area contributed by atoms with E-state index in [0.717, 1.165) is 17.9 Å². The SMILES string of the molecule is CCn1c(C)cc(C(=O)COc2ccc([N+](=O)[O-])cc2Cl)c1C. The van der Waals surface area contributed by atoms with Crippen LogP contribution in [0, 0.1) is 24.0 Å². The van der Waals surface area contributed by atoms with Gasteiger partial charge in [-0.1, -0.05) is 11.6 Å². The van der Waals surface area contributed by atoms with Crippen molar-refractivity contribution in [3.05, 3.63) is 56.4 Å². The normalized spacial score (nSPS) is 10.6. The molecule has 0 aliphatic carbocycles. The van der Waals surface area contributed by atoms with Gasteiger partial charge < -0.3 is 9.30 Å². The molecular formula is C16H17ClN2O4. The van der Waals surface area contributed by atoms with E-state index in [0.29, 0.717) is 5.56 Å². The Bertz CT molecular complexity index is 768. The summed E-state index contributed by atoms with van der Waals surface area (Å²) in [6.45, 7) is 6.47. The van der Waals surface area contributed by atoms with Crippen molar-refractivity contribution >= 4 is 23.1 Å². The first-order valence-electron chi connectivity index (χ1n) is 7.11. The summed E-state index contributed by atoms with van der Waals surface area (Å²) in [5.41, 5.74) is 2.40. The van der Waals surface area contributed by atoms with Crippen molar-refractivity contribution in [2.24, 2.45) is 0 Å². The molecule has 2 aromatic rings. The van der Waals surface area contributed by atoms with Crippen LogP contribution < -0.4 is 4.74 Å². The highest BCUT2D eigenvalue weighted by molar-refractivity contribution is 6.32. The van der Waals surface area contributed by atoms with Gasteiger partial charge in [0.2, 0.25) is 5.78 Å². The number of ketones is 1. The summed E-state index contributed by atoms with van der Waals surface area (Å²) < 4.78 is 7.46. The van der Waals surface area contributed by atoms with Gasteiger partial charge in [-0.25, -0.2) is 0 Å². The molecule has 6 nitrogen and oxygen atoms in total. The largest absolute Gasteiger partial charge is 0.484 e. The van der Waals surface area contributed by atoms with Crippen LogP contribution in [0.1, 0.15) is 28.7 Å². The topological polar surface area (TPSA) is 74.4 Å². The molecule has 1 heterocycles. The molecule has 1 aromatic carbocycles. The molecule has 0 amide bonds. The number of aromatic nitrogens is 1. The van der Waals surface area contributed by atoms with Crippen molar-refractivity contribution in [3.8, 4) is 5.75 Å². The molecule has 0 fully saturated rings. The van der Waals surface area contributed by atoms with Gasteiger partial charge in [-0.15, -0.1) is 0 Å². The summed E-state index contributed by atoms with van der Waals surface area (Å²) in [7, 11) is 0. The molecule has 122 valence electrons. The molecule has 0 N–H and O–H groups in total. The van der Waals surface area contributed by atoms with Crippen molar-refractivity contribution in [2.45, 2.75) is 27.3 Å². The Morgan fingerprint density at radius 3 is 2.57 bits per heavy atom. The fourth-order valence-corrected chi connectivity index (χ4v) is 2.74. The van der Waals surface area contributed by atoms with Gasteiger partial charge in [0.15, 0.2) is 6.61 Å². The fourth-order valence-electron chi connectivity index (χ4n) is 2.51. The van der Waals surface area contributed by atoms with Crippen molar-refractivity contribution in [2.75, 3.05) is 6.61 Å². The maximum Gasteiger partial charge on any atom is 0.271 e. The quantitative estimate of drug-likeness (QED) is 0.455. The molecule has 0 radical (unpaired) electrons. The highest BCUT2D eigenvalue weighted by Gasteiger charge is 2.17. The lowest BCUT2D eigenvalue weighted by Crippen LogP contribution is -2.13. The third kappa shape index (κ3) is 3.53. The van der Waals surface area contributed by atoms with Gasteiger partial charge >= 0.3 is 0 Å². The van der Waals surface area contributed by atoms with Gasteiger partial charge in [-0.05, 0) is 32.9 Å². The molecule has 0 atom stereocenters. The lowest BCUT2D eigenvalue weighted by Gasteiger charge is -2.08. The lowest BCUT2D eigenvalue weighted by molar-refractivity contribution is -0.384. The number of halogens is 1. The Labute approximate surface area is 138 Å². The predicted octanol–water partition coefficient (Wildman–Crippen LogP) is 3.95. The maximum atomic E-state index is 12.3. The molecule has 0 spiro atoms. The van der Waals surface area contributed by atoms with Crippen LogP contribution in [0.3, 0.4) is 0 Å². The second kappa shape index (κ2) is 6.83. The second-order valence-corrected chi connectivity index (χ2v) is 5.52. The van der Waals surface area contributed by atoms with Crippen LogP contribution in [0.25, 0.3) is 0 Å². The van der Waals surface area contributed by atoms with E-state index in [1.165, 1.54) is 18.2 Å². The number of nitrogens with zero attached hydrogens (tertiary/aromatic N) is 2. The second-order valence-electron chi connectivity index (χ2n) is 5.11. The summed E-state index contributed by atoms with van der Waals surface area (Å²) in [5, 5.41) is 10.8. The van der Waals surface area contributed by atoms with Crippen molar-refractivity contribution in [3.63, 3.8) is 0 Å². The van der Waals surface area contributed by atoms with Crippen LogP contribution in [0.2, 0.25) is 5.02 Å². The summed E-state index contributed by atoms with van der Waals surface area (Å²) in [6.07, 6.45) is 0. The monoisotopic (exact) mass is 336 g/mol. The van der Waals surface area contributed by atoms with Gasteiger partial charge in [0.1, 0.15) is 5.75 Å². The van der Waals surface area contributed by atoms with Crippen molar-refractivity contribution < 1.29 is 14.5 Å². The Morgan fingerprint density at radius 2 is 2.04 bits per heavy atom. The third-order valence-corrected chi connectivity index (χ3v) is 3.97. The van der Waals surface area contributed by atoms with Crippen LogP contribution in [-0.2, 0) is 6.54 Å². The third-order valence-electron chi connectivity index (χ3n) is 3.68. The van der Waals surface area contributed by atoms with E-state index in [2.05, 4.69) is 0 Å². The molecular weight excluding hydrogens is 320 g/mol. The Balaban J connectivity index is 2.12. The van der Waals surface area contributed by atoms with E-state index < -0.39 is 4.92 Å². The van der Waals surface area contributed by atoms with E-state index in [-0.39, 0.29) is 28.8 Å². The minimum Gasteiger partial charge on any atom is -0.484 e. The number of rotatable bonds is 6. The van der Waals surface area contributed by atoms with E-state index in [1.807, 2.05) is 31.4 Å². The Hall–Kier alpha value is -2.34.